The number of methoxy groups -OCH3 is 1. The Morgan fingerprint density at radius 2 is 1.93 bits per heavy atom. The molecule has 5 nitrogen and oxygen atoms in total. The lowest BCUT2D eigenvalue weighted by molar-refractivity contribution is -0.125. The van der Waals surface area contributed by atoms with Gasteiger partial charge in [-0.15, -0.1) is 6.58 Å². The van der Waals surface area contributed by atoms with Crippen molar-refractivity contribution in [3.63, 3.8) is 0 Å². The zero-order valence-corrected chi connectivity index (χ0v) is 16.9. The Balaban J connectivity index is 1.78. The number of rotatable bonds is 7. The second kappa shape index (κ2) is 9.08. The Bertz CT molecular complexity index is 910. The molecule has 3 rings (SSSR count). The highest BCUT2D eigenvalue weighted by Crippen LogP contribution is 2.32. The van der Waals surface area contributed by atoms with E-state index in [1.54, 1.807) is 66.6 Å². The predicted molar refractivity (Wildman–Crippen MR) is 114 cm³/mol. The second-order valence-corrected chi connectivity index (χ2v) is 7.68. The second-order valence-electron chi connectivity index (χ2n) is 6.07. The van der Waals surface area contributed by atoms with Crippen LogP contribution in [-0.2, 0) is 4.79 Å². The molecular weight excluding hydrogens is 396 g/mol. The summed E-state index contributed by atoms with van der Waals surface area (Å²) in [6, 6.07) is 13.9. The maximum Gasteiger partial charge on any atom is 0.242 e. The Morgan fingerprint density at radius 1 is 1.25 bits per heavy atom. The first-order valence-corrected chi connectivity index (χ1v) is 9.88. The maximum atomic E-state index is 12.8. The molecule has 1 unspecified atom stereocenters. The van der Waals surface area contributed by atoms with Gasteiger partial charge >= 0.3 is 0 Å². The zero-order chi connectivity index (χ0) is 20.1. The van der Waals surface area contributed by atoms with Gasteiger partial charge in [-0.1, -0.05) is 29.4 Å². The monoisotopic (exact) mass is 414 g/mol. The van der Waals surface area contributed by atoms with Crippen LogP contribution in [0.5, 0.6) is 5.75 Å². The number of hydrogen-bond acceptors (Lipinski definition) is 5. The zero-order valence-electron chi connectivity index (χ0n) is 15.3. The lowest BCUT2D eigenvalue weighted by atomic mass is 10.1. The number of carbonyl (C=O) groups is 2. The Hall–Kier alpha value is -2.57. The molecule has 1 amide bonds. The summed E-state index contributed by atoms with van der Waals surface area (Å²) in [6.07, 6.45) is 1.74. The molecular formula is C21H19ClN2O3S. The maximum absolute atomic E-state index is 12.8. The van der Waals surface area contributed by atoms with E-state index in [1.165, 1.54) is 11.8 Å². The third-order valence-corrected chi connectivity index (χ3v) is 5.59. The molecule has 1 fully saturated rings. The van der Waals surface area contributed by atoms with Gasteiger partial charge in [-0.3, -0.25) is 14.5 Å². The first-order chi connectivity index (χ1) is 13.5. The highest BCUT2D eigenvalue weighted by atomic mass is 35.5. The van der Waals surface area contributed by atoms with Crippen LogP contribution in [0.2, 0.25) is 5.02 Å². The minimum atomic E-state index is -0.513. The van der Waals surface area contributed by atoms with Crippen LogP contribution >= 0.6 is 23.4 Å². The normalized spacial score (nSPS) is 17.8. The van der Waals surface area contributed by atoms with E-state index < -0.39 is 5.25 Å². The molecule has 1 heterocycles. The fourth-order valence-electron chi connectivity index (χ4n) is 2.71. The van der Waals surface area contributed by atoms with Crippen molar-refractivity contribution in [1.29, 1.82) is 0 Å². The number of ketones is 1. The van der Waals surface area contributed by atoms with E-state index in [9.17, 15) is 9.59 Å². The van der Waals surface area contributed by atoms with E-state index in [2.05, 4.69) is 11.6 Å². The molecule has 1 saturated heterocycles. The van der Waals surface area contributed by atoms with Gasteiger partial charge in [-0.25, -0.2) is 4.99 Å². The van der Waals surface area contributed by atoms with Crippen LogP contribution in [0.3, 0.4) is 0 Å². The summed E-state index contributed by atoms with van der Waals surface area (Å²) >= 11 is 7.21. The number of amides is 1. The quantitative estimate of drug-likeness (QED) is 0.485. The van der Waals surface area contributed by atoms with Crippen molar-refractivity contribution < 1.29 is 14.3 Å². The summed E-state index contributed by atoms with van der Waals surface area (Å²) in [7, 11) is 1.57. The Kier molecular flexibility index (Phi) is 6.54. The van der Waals surface area contributed by atoms with Gasteiger partial charge in [0.15, 0.2) is 11.0 Å². The molecule has 2 aromatic rings. The molecule has 0 aliphatic carbocycles. The lowest BCUT2D eigenvalue weighted by Gasteiger charge is -2.13. The summed E-state index contributed by atoms with van der Waals surface area (Å²) in [5, 5.41) is 0.658. The van der Waals surface area contributed by atoms with Crippen LogP contribution < -0.4 is 4.74 Å². The third kappa shape index (κ3) is 4.64. The number of amidine groups is 1. The summed E-state index contributed by atoms with van der Waals surface area (Å²) in [4.78, 5) is 31.5. The highest BCUT2D eigenvalue weighted by molar-refractivity contribution is 8.15. The molecule has 1 aliphatic rings. The number of benzene rings is 2. The number of aliphatic imine (C=N–C) groups is 1. The van der Waals surface area contributed by atoms with Crippen molar-refractivity contribution >= 4 is 45.9 Å². The number of nitrogens with zero attached hydrogens (tertiary/aromatic N) is 2. The molecule has 0 saturated carbocycles. The molecule has 0 aromatic heterocycles. The number of ether oxygens (including phenoxy) is 1. The molecule has 0 radical (unpaired) electrons. The number of hydrogen-bond donors (Lipinski definition) is 0. The molecule has 28 heavy (non-hydrogen) atoms. The summed E-state index contributed by atoms with van der Waals surface area (Å²) in [5.74, 6) is 0.441. The van der Waals surface area contributed by atoms with Gasteiger partial charge in [0.2, 0.25) is 5.91 Å². The van der Waals surface area contributed by atoms with Crippen molar-refractivity contribution in [1.82, 2.24) is 4.90 Å². The van der Waals surface area contributed by atoms with Crippen LogP contribution in [0.25, 0.3) is 0 Å². The largest absolute Gasteiger partial charge is 0.497 e. The standard InChI is InChI=1S/C21H19ClN2O3S/c1-3-12-24-20(26)19(13-18(25)14-4-10-17(27-2)11-5-14)28-21(24)23-16-8-6-15(22)7-9-16/h3-11,19H,1,12-13H2,2H3. The Labute approximate surface area is 173 Å². The smallest absolute Gasteiger partial charge is 0.242 e. The molecule has 2 aromatic carbocycles. The fourth-order valence-corrected chi connectivity index (χ4v) is 4.00. The number of halogens is 1. The topological polar surface area (TPSA) is 59.0 Å². The lowest BCUT2D eigenvalue weighted by Crippen LogP contribution is -2.32. The van der Waals surface area contributed by atoms with Crippen LogP contribution in [0.4, 0.5) is 5.69 Å². The molecule has 0 bridgehead atoms. The molecule has 144 valence electrons. The highest BCUT2D eigenvalue weighted by Gasteiger charge is 2.38. The van der Waals surface area contributed by atoms with Crippen LogP contribution in [0.15, 0.2) is 66.2 Å². The summed E-state index contributed by atoms with van der Waals surface area (Å²) in [6.45, 7) is 4.05. The summed E-state index contributed by atoms with van der Waals surface area (Å²) in [5.41, 5.74) is 1.24. The van der Waals surface area contributed by atoms with E-state index >= 15 is 0 Å². The van der Waals surface area contributed by atoms with Crippen molar-refractivity contribution in [3.05, 3.63) is 71.8 Å². The molecule has 0 spiro atoms. The number of carbonyl (C=O) groups excluding carboxylic acids is 2. The summed E-state index contributed by atoms with van der Waals surface area (Å²) < 4.78 is 5.11. The Morgan fingerprint density at radius 3 is 2.54 bits per heavy atom. The van der Waals surface area contributed by atoms with Crippen LogP contribution in [0, 0.1) is 0 Å². The minimum Gasteiger partial charge on any atom is -0.497 e. The number of thioether (sulfide) groups is 1. The minimum absolute atomic E-state index is 0.0974. The van der Waals surface area contributed by atoms with Crippen molar-refractivity contribution in [2.24, 2.45) is 4.99 Å². The van der Waals surface area contributed by atoms with Gasteiger partial charge in [0, 0.05) is 23.6 Å². The predicted octanol–water partition coefficient (Wildman–Crippen LogP) is 4.74. The van der Waals surface area contributed by atoms with Gasteiger partial charge in [-0.2, -0.15) is 0 Å². The van der Waals surface area contributed by atoms with Gasteiger partial charge in [0.1, 0.15) is 5.75 Å². The van der Waals surface area contributed by atoms with Gasteiger partial charge < -0.3 is 4.74 Å². The molecule has 1 aliphatic heterocycles. The van der Waals surface area contributed by atoms with Crippen molar-refractivity contribution in [3.8, 4) is 5.75 Å². The fraction of sp³-hybridized carbons (Fsp3) is 0.190. The van der Waals surface area contributed by atoms with E-state index in [0.717, 1.165) is 0 Å². The van der Waals surface area contributed by atoms with Gasteiger partial charge in [0.25, 0.3) is 0 Å². The number of Topliss-reactive ketones (excluding diaryl/α,β-unsaturated/α-hetero) is 1. The van der Waals surface area contributed by atoms with Crippen molar-refractivity contribution in [2.75, 3.05) is 13.7 Å². The third-order valence-electron chi connectivity index (χ3n) is 4.17. The SMILES string of the molecule is C=CCN1C(=O)C(CC(=O)c2ccc(OC)cc2)SC1=Nc1ccc(Cl)cc1. The van der Waals surface area contributed by atoms with E-state index in [1.807, 2.05) is 0 Å². The first-order valence-electron chi connectivity index (χ1n) is 8.62. The van der Waals surface area contributed by atoms with E-state index in [-0.39, 0.29) is 18.1 Å². The van der Waals surface area contributed by atoms with Gasteiger partial charge in [-0.05, 0) is 48.5 Å². The average Bonchev–Trinajstić information content (AvgIpc) is 2.99. The van der Waals surface area contributed by atoms with Gasteiger partial charge in [0.05, 0.1) is 18.0 Å². The first kappa shape index (κ1) is 20.2. The van der Waals surface area contributed by atoms with E-state index in [4.69, 9.17) is 16.3 Å². The van der Waals surface area contributed by atoms with Crippen LogP contribution in [-0.4, -0.2) is 40.7 Å². The molecule has 1 atom stereocenters. The van der Waals surface area contributed by atoms with Crippen molar-refractivity contribution in [2.45, 2.75) is 11.7 Å². The average molecular weight is 415 g/mol. The van der Waals surface area contributed by atoms with E-state index in [0.29, 0.717) is 33.7 Å². The molecule has 0 N–H and O–H groups in total. The molecule has 7 heteroatoms. The van der Waals surface area contributed by atoms with Crippen LogP contribution in [0.1, 0.15) is 16.8 Å².